The van der Waals surface area contributed by atoms with Gasteiger partial charge in [0.25, 0.3) is 0 Å². The van der Waals surface area contributed by atoms with Gasteiger partial charge in [-0.15, -0.1) is 0 Å². The number of fused-ring (bicyclic) bond motifs is 1. The lowest BCUT2D eigenvalue weighted by Crippen LogP contribution is -2.28. The van der Waals surface area contributed by atoms with E-state index in [1.807, 2.05) is 7.05 Å². The second kappa shape index (κ2) is 3.89. The van der Waals surface area contributed by atoms with Crippen molar-refractivity contribution in [3.63, 3.8) is 0 Å². The highest BCUT2D eigenvalue weighted by atomic mass is 15.0. The van der Waals surface area contributed by atoms with Crippen LogP contribution < -0.4 is 16.4 Å². The average Bonchev–Trinajstić information content (AvgIpc) is 2.18. The SMILES string of the molecule is CNCc1nc(N)nc2c1CNCC2. The maximum absolute atomic E-state index is 5.64. The normalized spacial score (nSPS) is 15.2. The first-order chi connectivity index (χ1) is 6.81. The van der Waals surface area contributed by atoms with E-state index in [1.54, 1.807) is 0 Å². The van der Waals surface area contributed by atoms with E-state index >= 15 is 0 Å². The highest BCUT2D eigenvalue weighted by Gasteiger charge is 2.15. The minimum Gasteiger partial charge on any atom is -0.368 e. The molecule has 0 aromatic carbocycles. The van der Waals surface area contributed by atoms with Gasteiger partial charge >= 0.3 is 0 Å². The third-order valence-electron chi connectivity index (χ3n) is 2.38. The van der Waals surface area contributed by atoms with Crippen LogP contribution in [0.2, 0.25) is 0 Å². The molecule has 0 saturated carbocycles. The molecule has 0 saturated heterocycles. The van der Waals surface area contributed by atoms with Gasteiger partial charge < -0.3 is 16.4 Å². The fourth-order valence-electron chi connectivity index (χ4n) is 1.75. The summed E-state index contributed by atoms with van der Waals surface area (Å²) in [5.74, 6) is 0.385. The summed E-state index contributed by atoms with van der Waals surface area (Å²) in [6.45, 7) is 2.58. The van der Waals surface area contributed by atoms with Gasteiger partial charge in [-0.05, 0) is 7.05 Å². The third kappa shape index (κ3) is 1.69. The molecule has 2 heterocycles. The van der Waals surface area contributed by atoms with Gasteiger partial charge in [-0.1, -0.05) is 0 Å². The fraction of sp³-hybridized carbons (Fsp3) is 0.556. The molecule has 0 spiro atoms. The van der Waals surface area contributed by atoms with E-state index in [0.29, 0.717) is 5.95 Å². The zero-order valence-electron chi connectivity index (χ0n) is 8.30. The highest BCUT2D eigenvalue weighted by molar-refractivity contribution is 5.33. The molecule has 0 radical (unpaired) electrons. The van der Waals surface area contributed by atoms with Crippen LogP contribution >= 0.6 is 0 Å². The van der Waals surface area contributed by atoms with Gasteiger partial charge in [0.05, 0.1) is 11.4 Å². The van der Waals surface area contributed by atoms with Crippen LogP contribution in [0.1, 0.15) is 17.0 Å². The predicted molar refractivity (Wildman–Crippen MR) is 54.6 cm³/mol. The number of nitrogens with one attached hydrogen (secondary N) is 2. The van der Waals surface area contributed by atoms with E-state index in [1.165, 1.54) is 5.56 Å². The van der Waals surface area contributed by atoms with Crippen molar-refractivity contribution in [2.75, 3.05) is 19.3 Å². The Balaban J connectivity index is 2.41. The van der Waals surface area contributed by atoms with Crippen LogP contribution in [0.5, 0.6) is 0 Å². The van der Waals surface area contributed by atoms with Crippen molar-refractivity contribution in [3.8, 4) is 0 Å². The first-order valence-electron chi connectivity index (χ1n) is 4.80. The number of hydrogen-bond donors (Lipinski definition) is 3. The third-order valence-corrected chi connectivity index (χ3v) is 2.38. The van der Waals surface area contributed by atoms with Gasteiger partial charge in [0, 0.05) is 31.6 Å². The summed E-state index contributed by atoms with van der Waals surface area (Å²) < 4.78 is 0. The lowest BCUT2D eigenvalue weighted by Gasteiger charge is -2.19. The van der Waals surface area contributed by atoms with Crippen molar-refractivity contribution in [1.82, 2.24) is 20.6 Å². The summed E-state index contributed by atoms with van der Waals surface area (Å²) >= 11 is 0. The Kier molecular flexibility index (Phi) is 2.60. The molecule has 1 aliphatic heterocycles. The molecule has 4 N–H and O–H groups in total. The van der Waals surface area contributed by atoms with Gasteiger partial charge in [-0.25, -0.2) is 9.97 Å². The molecule has 0 unspecified atom stereocenters. The average molecular weight is 193 g/mol. The summed E-state index contributed by atoms with van der Waals surface area (Å²) in [4.78, 5) is 8.50. The number of hydrogen-bond acceptors (Lipinski definition) is 5. The largest absolute Gasteiger partial charge is 0.368 e. The zero-order valence-corrected chi connectivity index (χ0v) is 8.30. The Hall–Kier alpha value is -1.20. The molecule has 0 fully saturated rings. The Morgan fingerprint density at radius 2 is 2.36 bits per heavy atom. The molecule has 0 bridgehead atoms. The van der Waals surface area contributed by atoms with E-state index in [2.05, 4.69) is 20.6 Å². The van der Waals surface area contributed by atoms with E-state index in [0.717, 1.165) is 37.4 Å². The molecule has 14 heavy (non-hydrogen) atoms. The van der Waals surface area contributed by atoms with Crippen LogP contribution in [0, 0.1) is 0 Å². The molecule has 1 aromatic heterocycles. The number of anilines is 1. The predicted octanol–water partition coefficient (Wildman–Crippen LogP) is -0.576. The van der Waals surface area contributed by atoms with Crippen LogP contribution in [0.25, 0.3) is 0 Å². The van der Waals surface area contributed by atoms with Crippen molar-refractivity contribution in [1.29, 1.82) is 0 Å². The van der Waals surface area contributed by atoms with Crippen molar-refractivity contribution in [2.24, 2.45) is 0 Å². The Morgan fingerprint density at radius 1 is 1.50 bits per heavy atom. The topological polar surface area (TPSA) is 75.9 Å². The van der Waals surface area contributed by atoms with Crippen LogP contribution in [0.15, 0.2) is 0 Å². The molecule has 0 atom stereocenters. The summed E-state index contributed by atoms with van der Waals surface area (Å²) in [6.07, 6.45) is 0.943. The molecule has 0 amide bonds. The standard InChI is InChI=1S/C9H15N5/c1-11-5-8-6-4-12-3-2-7(6)13-9(10)14-8/h11-12H,2-5H2,1H3,(H2,10,13,14). The Bertz CT molecular complexity index is 336. The molecular weight excluding hydrogens is 178 g/mol. The van der Waals surface area contributed by atoms with E-state index < -0.39 is 0 Å². The van der Waals surface area contributed by atoms with Crippen LogP contribution in [-0.4, -0.2) is 23.6 Å². The molecule has 5 nitrogen and oxygen atoms in total. The number of rotatable bonds is 2. The fourth-order valence-corrected chi connectivity index (χ4v) is 1.75. The zero-order chi connectivity index (χ0) is 9.97. The van der Waals surface area contributed by atoms with Crippen LogP contribution in [0.3, 0.4) is 0 Å². The summed E-state index contributed by atoms with van der Waals surface area (Å²) in [7, 11) is 1.90. The number of nitrogens with two attached hydrogens (primary N) is 1. The molecular formula is C9H15N5. The van der Waals surface area contributed by atoms with Gasteiger partial charge in [-0.3, -0.25) is 0 Å². The molecule has 1 aliphatic rings. The van der Waals surface area contributed by atoms with Gasteiger partial charge in [-0.2, -0.15) is 0 Å². The smallest absolute Gasteiger partial charge is 0.220 e. The Labute approximate surface area is 83.1 Å². The van der Waals surface area contributed by atoms with E-state index in [4.69, 9.17) is 5.73 Å². The molecule has 0 aliphatic carbocycles. The van der Waals surface area contributed by atoms with Gasteiger partial charge in [0.15, 0.2) is 0 Å². The summed E-state index contributed by atoms with van der Waals surface area (Å²) in [5, 5.41) is 6.40. The van der Waals surface area contributed by atoms with Crippen molar-refractivity contribution in [3.05, 3.63) is 17.0 Å². The first-order valence-corrected chi connectivity index (χ1v) is 4.80. The second-order valence-corrected chi connectivity index (χ2v) is 3.41. The number of nitrogen functional groups attached to an aromatic ring is 1. The summed E-state index contributed by atoms with van der Waals surface area (Å²) in [6, 6.07) is 0. The molecule has 2 rings (SSSR count). The van der Waals surface area contributed by atoms with E-state index in [9.17, 15) is 0 Å². The molecule has 1 aromatic rings. The first kappa shape index (κ1) is 9.36. The van der Waals surface area contributed by atoms with Crippen molar-refractivity contribution in [2.45, 2.75) is 19.5 Å². The lowest BCUT2D eigenvalue weighted by molar-refractivity contribution is 0.611. The minimum absolute atomic E-state index is 0.385. The second-order valence-electron chi connectivity index (χ2n) is 3.41. The van der Waals surface area contributed by atoms with Crippen molar-refractivity contribution < 1.29 is 0 Å². The lowest BCUT2D eigenvalue weighted by atomic mass is 10.1. The highest BCUT2D eigenvalue weighted by Crippen LogP contribution is 2.16. The van der Waals surface area contributed by atoms with Crippen LogP contribution in [-0.2, 0) is 19.5 Å². The monoisotopic (exact) mass is 193 g/mol. The van der Waals surface area contributed by atoms with Crippen molar-refractivity contribution >= 4 is 5.95 Å². The quantitative estimate of drug-likeness (QED) is 0.586. The summed E-state index contributed by atoms with van der Waals surface area (Å²) in [5.41, 5.74) is 8.97. The maximum atomic E-state index is 5.64. The van der Waals surface area contributed by atoms with Gasteiger partial charge in [0.2, 0.25) is 5.95 Å². The maximum Gasteiger partial charge on any atom is 0.220 e. The number of nitrogens with zero attached hydrogens (tertiary/aromatic N) is 2. The van der Waals surface area contributed by atoms with Gasteiger partial charge in [0.1, 0.15) is 0 Å². The minimum atomic E-state index is 0.385. The van der Waals surface area contributed by atoms with E-state index in [-0.39, 0.29) is 0 Å². The number of aromatic nitrogens is 2. The molecule has 5 heteroatoms. The Morgan fingerprint density at radius 3 is 3.14 bits per heavy atom. The molecule has 76 valence electrons. The van der Waals surface area contributed by atoms with Crippen LogP contribution in [0.4, 0.5) is 5.95 Å².